The molecule has 0 aliphatic heterocycles. The number of sulfone groups is 1. The van der Waals surface area contributed by atoms with Gasteiger partial charge in [0.15, 0.2) is 0 Å². The number of halogens is 1. The molecule has 1 amide bonds. The number of nitrogens with zero attached hydrogens (tertiary/aromatic N) is 1. The number of methoxy groups -OCH3 is 1. The van der Waals surface area contributed by atoms with Crippen molar-refractivity contribution in [2.24, 2.45) is 0 Å². The third-order valence-electron chi connectivity index (χ3n) is 4.96. The molecule has 10 heteroatoms. The zero-order chi connectivity index (χ0) is 25.0. The van der Waals surface area contributed by atoms with Crippen LogP contribution in [0.5, 0.6) is 5.75 Å². The van der Waals surface area contributed by atoms with Crippen LogP contribution in [-0.2, 0) is 14.6 Å². The monoisotopic (exact) mass is 572 g/mol. The molecule has 0 atom stereocenters. The summed E-state index contributed by atoms with van der Waals surface area (Å²) in [5, 5.41) is 2.58. The quantitative estimate of drug-likeness (QED) is 0.259. The van der Waals surface area contributed by atoms with Crippen LogP contribution in [0.25, 0.3) is 11.5 Å². The van der Waals surface area contributed by atoms with Crippen LogP contribution < -0.4 is 10.1 Å². The Labute approximate surface area is 216 Å². The van der Waals surface area contributed by atoms with Crippen LogP contribution in [0.4, 0.5) is 5.69 Å². The summed E-state index contributed by atoms with van der Waals surface area (Å²) in [7, 11) is -2.48. The Morgan fingerprint density at radius 3 is 2.43 bits per heavy atom. The molecule has 4 rings (SSSR count). The molecule has 1 heterocycles. The lowest BCUT2D eigenvalue weighted by atomic mass is 10.1. The number of hydrogen-bond donors (Lipinski definition) is 1. The Bertz CT molecular complexity index is 1450. The summed E-state index contributed by atoms with van der Waals surface area (Å²) in [5.41, 5.74) is 2.19. The van der Waals surface area contributed by atoms with Gasteiger partial charge in [0.1, 0.15) is 5.75 Å². The van der Waals surface area contributed by atoms with Gasteiger partial charge in [0.05, 0.1) is 23.4 Å². The Hall–Kier alpha value is -3.08. The van der Waals surface area contributed by atoms with Gasteiger partial charge in [-0.2, -0.15) is 4.98 Å². The molecule has 4 aromatic rings. The minimum Gasteiger partial charge on any atom is -0.495 e. The number of thioether (sulfide) groups is 1. The number of aromatic nitrogens is 1. The molecule has 1 aromatic heterocycles. The second-order valence-electron chi connectivity index (χ2n) is 7.47. The molecule has 0 spiro atoms. The number of aryl methyl sites for hydroxylation is 1. The highest BCUT2D eigenvalue weighted by atomic mass is 79.9. The lowest BCUT2D eigenvalue weighted by molar-refractivity contribution is -0.113. The van der Waals surface area contributed by atoms with Crippen LogP contribution in [-0.4, -0.2) is 32.2 Å². The summed E-state index contributed by atoms with van der Waals surface area (Å²) in [5.74, 6) is 0.238. The molecule has 180 valence electrons. The van der Waals surface area contributed by atoms with Crippen molar-refractivity contribution in [3.63, 3.8) is 0 Å². The predicted octanol–water partition coefficient (Wildman–Crippen LogP) is 5.98. The first-order valence-electron chi connectivity index (χ1n) is 10.4. The second-order valence-corrected chi connectivity index (χ2v) is 11.2. The number of oxazole rings is 1. The van der Waals surface area contributed by atoms with E-state index in [0.29, 0.717) is 17.0 Å². The van der Waals surface area contributed by atoms with Crippen LogP contribution in [0.1, 0.15) is 5.56 Å². The van der Waals surface area contributed by atoms with E-state index in [0.717, 1.165) is 21.8 Å². The van der Waals surface area contributed by atoms with Gasteiger partial charge < -0.3 is 14.5 Å². The minimum absolute atomic E-state index is 0.0404. The minimum atomic E-state index is -4.00. The lowest BCUT2D eigenvalue weighted by Gasteiger charge is -2.09. The highest BCUT2D eigenvalue weighted by Gasteiger charge is 2.29. The van der Waals surface area contributed by atoms with Crippen molar-refractivity contribution >= 4 is 49.1 Å². The normalized spacial score (nSPS) is 11.3. The zero-order valence-electron chi connectivity index (χ0n) is 18.8. The van der Waals surface area contributed by atoms with E-state index in [1.165, 1.54) is 19.2 Å². The maximum atomic E-state index is 13.4. The Morgan fingerprint density at radius 2 is 1.74 bits per heavy atom. The van der Waals surface area contributed by atoms with Gasteiger partial charge in [0.25, 0.3) is 0 Å². The average Bonchev–Trinajstić information content (AvgIpc) is 3.29. The average molecular weight is 573 g/mol. The fourth-order valence-electron chi connectivity index (χ4n) is 3.16. The van der Waals surface area contributed by atoms with Crippen molar-refractivity contribution in [3.8, 4) is 17.2 Å². The van der Waals surface area contributed by atoms with Crippen LogP contribution in [0.15, 0.2) is 96.7 Å². The van der Waals surface area contributed by atoms with E-state index in [9.17, 15) is 13.2 Å². The van der Waals surface area contributed by atoms with Crippen molar-refractivity contribution in [2.75, 3.05) is 18.2 Å². The highest BCUT2D eigenvalue weighted by Crippen LogP contribution is 2.35. The SMILES string of the molecule is COc1ccccc1NC(=O)CSc1oc(-c2ccc(C)cc2)nc1S(=O)(=O)c1ccc(Br)cc1. The fourth-order valence-corrected chi connectivity index (χ4v) is 5.76. The molecular formula is C25H21BrN2O5S2. The number of carbonyl (C=O) groups is 1. The van der Waals surface area contributed by atoms with Crippen molar-refractivity contribution in [2.45, 2.75) is 21.9 Å². The highest BCUT2D eigenvalue weighted by molar-refractivity contribution is 9.10. The molecule has 1 N–H and O–H groups in total. The number of rotatable bonds is 8. The number of hydrogen-bond acceptors (Lipinski definition) is 7. The first kappa shape index (κ1) is 25.0. The third-order valence-corrected chi connectivity index (χ3v) is 8.24. The van der Waals surface area contributed by atoms with Crippen molar-refractivity contribution in [1.29, 1.82) is 0 Å². The fraction of sp³-hybridized carbons (Fsp3) is 0.120. The standard InChI is InChI=1S/C25H21BrN2O5S2/c1-16-7-9-17(10-8-16)23-28-24(35(30,31)19-13-11-18(26)12-14-19)25(33-23)34-15-22(29)27-20-5-3-4-6-21(20)32-2/h3-14H,15H2,1-2H3,(H,27,29). The van der Waals surface area contributed by atoms with E-state index >= 15 is 0 Å². The first-order valence-corrected chi connectivity index (χ1v) is 13.7. The van der Waals surface area contributed by atoms with E-state index in [-0.39, 0.29) is 32.6 Å². The van der Waals surface area contributed by atoms with Gasteiger partial charge in [0.2, 0.25) is 31.8 Å². The molecule has 0 bridgehead atoms. The van der Waals surface area contributed by atoms with Gasteiger partial charge in [-0.05, 0) is 55.5 Å². The van der Waals surface area contributed by atoms with Gasteiger partial charge in [-0.3, -0.25) is 4.79 Å². The number of nitrogens with one attached hydrogen (secondary N) is 1. The molecule has 7 nitrogen and oxygen atoms in total. The van der Waals surface area contributed by atoms with Crippen molar-refractivity contribution < 1.29 is 22.4 Å². The Morgan fingerprint density at radius 1 is 1.06 bits per heavy atom. The topological polar surface area (TPSA) is 98.5 Å². The summed E-state index contributed by atoms with van der Waals surface area (Å²) >= 11 is 4.28. The summed E-state index contributed by atoms with van der Waals surface area (Å²) in [6.45, 7) is 1.95. The first-order chi connectivity index (χ1) is 16.8. The molecule has 0 radical (unpaired) electrons. The molecule has 0 saturated carbocycles. The molecule has 0 unspecified atom stereocenters. The van der Waals surface area contributed by atoms with Crippen LogP contribution in [0, 0.1) is 6.92 Å². The number of amides is 1. The smallest absolute Gasteiger partial charge is 0.234 e. The molecule has 0 fully saturated rings. The number of ether oxygens (including phenoxy) is 1. The van der Waals surface area contributed by atoms with Crippen molar-refractivity contribution in [1.82, 2.24) is 4.98 Å². The molecule has 0 aliphatic carbocycles. The summed E-state index contributed by atoms with van der Waals surface area (Å²) < 4.78 is 38.7. The van der Waals surface area contributed by atoms with Gasteiger partial charge in [-0.1, -0.05) is 57.5 Å². The van der Waals surface area contributed by atoms with Crippen molar-refractivity contribution in [3.05, 3.63) is 82.8 Å². The zero-order valence-corrected chi connectivity index (χ0v) is 22.0. The Kier molecular flexibility index (Phi) is 7.63. The molecule has 3 aromatic carbocycles. The van der Waals surface area contributed by atoms with E-state index in [1.54, 1.807) is 48.5 Å². The summed E-state index contributed by atoms with van der Waals surface area (Å²) in [6, 6.07) is 20.7. The number of carbonyl (C=O) groups excluding carboxylic acids is 1. The predicted molar refractivity (Wildman–Crippen MR) is 139 cm³/mol. The molecule has 0 saturated heterocycles. The molecular weight excluding hydrogens is 552 g/mol. The van der Waals surface area contributed by atoms with E-state index < -0.39 is 9.84 Å². The number of anilines is 1. The lowest BCUT2D eigenvalue weighted by Crippen LogP contribution is -2.15. The van der Waals surface area contributed by atoms with Gasteiger partial charge in [0, 0.05) is 10.0 Å². The van der Waals surface area contributed by atoms with Gasteiger partial charge >= 0.3 is 0 Å². The van der Waals surface area contributed by atoms with Gasteiger partial charge in [-0.25, -0.2) is 8.42 Å². The van der Waals surface area contributed by atoms with E-state index in [1.807, 2.05) is 19.1 Å². The maximum absolute atomic E-state index is 13.4. The maximum Gasteiger partial charge on any atom is 0.234 e. The summed E-state index contributed by atoms with van der Waals surface area (Å²) in [6.07, 6.45) is 0. The van der Waals surface area contributed by atoms with Crippen LogP contribution in [0.3, 0.4) is 0 Å². The molecule has 0 aliphatic rings. The number of para-hydroxylation sites is 2. The third kappa shape index (κ3) is 5.77. The van der Waals surface area contributed by atoms with Crippen LogP contribution in [0.2, 0.25) is 0 Å². The van der Waals surface area contributed by atoms with E-state index in [2.05, 4.69) is 26.2 Å². The number of benzene rings is 3. The summed E-state index contributed by atoms with van der Waals surface area (Å²) in [4.78, 5) is 17.0. The Balaban J connectivity index is 1.65. The second kappa shape index (κ2) is 10.7. The molecule has 35 heavy (non-hydrogen) atoms. The van der Waals surface area contributed by atoms with E-state index in [4.69, 9.17) is 9.15 Å². The van der Waals surface area contributed by atoms with Gasteiger partial charge in [-0.15, -0.1) is 0 Å². The van der Waals surface area contributed by atoms with Crippen LogP contribution >= 0.6 is 27.7 Å². The largest absolute Gasteiger partial charge is 0.495 e.